The highest BCUT2D eigenvalue weighted by molar-refractivity contribution is 5.45. The Hall–Kier alpha value is -1.22. The van der Waals surface area contributed by atoms with E-state index in [-0.39, 0.29) is 0 Å². The molecule has 0 saturated heterocycles. The van der Waals surface area contributed by atoms with E-state index < -0.39 is 0 Å². The van der Waals surface area contributed by atoms with E-state index in [2.05, 4.69) is 30.4 Å². The van der Waals surface area contributed by atoms with Gasteiger partial charge in [-0.3, -0.25) is 0 Å². The number of benzene rings is 1. The van der Waals surface area contributed by atoms with Crippen LogP contribution in [0, 0.1) is 17.8 Å². The Morgan fingerprint density at radius 3 is 2.62 bits per heavy atom. The Morgan fingerprint density at radius 2 is 1.86 bits per heavy atom. The summed E-state index contributed by atoms with van der Waals surface area (Å²) < 4.78 is 11.6. The Labute approximate surface area is 127 Å². The van der Waals surface area contributed by atoms with Crippen LogP contribution in [0.5, 0.6) is 11.5 Å². The average Bonchev–Trinajstić information content (AvgIpc) is 3.07. The summed E-state index contributed by atoms with van der Waals surface area (Å²) in [5.74, 6) is 4.60. The number of hydrogen-bond donors (Lipinski definition) is 1. The van der Waals surface area contributed by atoms with Crippen LogP contribution in [-0.2, 0) is 0 Å². The van der Waals surface area contributed by atoms with E-state index in [4.69, 9.17) is 9.47 Å². The van der Waals surface area contributed by atoms with Crippen LogP contribution in [0.25, 0.3) is 0 Å². The lowest BCUT2D eigenvalue weighted by molar-refractivity contribution is 0.296. The molecule has 2 aliphatic carbocycles. The molecule has 2 fully saturated rings. The molecule has 4 rings (SSSR count). The van der Waals surface area contributed by atoms with Gasteiger partial charge in [0.15, 0.2) is 11.5 Å². The van der Waals surface area contributed by atoms with Gasteiger partial charge in [-0.25, -0.2) is 0 Å². The van der Waals surface area contributed by atoms with Crippen LogP contribution in [0.15, 0.2) is 18.2 Å². The summed E-state index contributed by atoms with van der Waals surface area (Å²) in [4.78, 5) is 0. The zero-order valence-electron chi connectivity index (χ0n) is 12.8. The van der Waals surface area contributed by atoms with Crippen LogP contribution in [0.3, 0.4) is 0 Å². The van der Waals surface area contributed by atoms with E-state index in [9.17, 15) is 0 Å². The van der Waals surface area contributed by atoms with E-state index in [1.165, 1.54) is 24.8 Å². The van der Waals surface area contributed by atoms with Crippen molar-refractivity contribution in [1.29, 1.82) is 0 Å². The summed E-state index contributed by atoms with van der Waals surface area (Å²) in [5, 5.41) is 3.72. The Morgan fingerprint density at radius 1 is 1.10 bits per heavy atom. The van der Waals surface area contributed by atoms with Gasteiger partial charge in [0.2, 0.25) is 0 Å². The van der Waals surface area contributed by atoms with E-state index >= 15 is 0 Å². The quantitative estimate of drug-likeness (QED) is 0.918. The van der Waals surface area contributed by atoms with E-state index in [1.807, 2.05) is 0 Å². The van der Waals surface area contributed by atoms with Gasteiger partial charge in [-0.2, -0.15) is 0 Å². The maximum atomic E-state index is 5.86. The maximum absolute atomic E-state index is 5.86. The van der Waals surface area contributed by atoms with Gasteiger partial charge < -0.3 is 14.8 Å². The lowest BCUT2D eigenvalue weighted by atomic mass is 9.96. The number of nitrogens with one attached hydrogen (secondary N) is 1. The van der Waals surface area contributed by atoms with Crippen molar-refractivity contribution >= 4 is 0 Å². The summed E-state index contributed by atoms with van der Waals surface area (Å²) in [6, 6.07) is 7.03. The van der Waals surface area contributed by atoms with Crippen molar-refractivity contribution in [2.45, 2.75) is 38.6 Å². The highest BCUT2D eigenvalue weighted by Crippen LogP contribution is 2.62. The summed E-state index contributed by atoms with van der Waals surface area (Å²) >= 11 is 0. The minimum Gasteiger partial charge on any atom is -0.490 e. The first kappa shape index (κ1) is 13.4. The smallest absolute Gasteiger partial charge is 0.161 e. The molecule has 3 nitrogen and oxygen atoms in total. The van der Waals surface area contributed by atoms with E-state index in [0.29, 0.717) is 6.04 Å². The average molecular weight is 287 g/mol. The summed E-state index contributed by atoms with van der Waals surface area (Å²) in [5.41, 5.74) is 1.38. The van der Waals surface area contributed by atoms with Gasteiger partial charge in [0.25, 0.3) is 0 Å². The molecule has 0 amide bonds. The molecule has 21 heavy (non-hydrogen) atoms. The van der Waals surface area contributed by atoms with Gasteiger partial charge >= 0.3 is 0 Å². The van der Waals surface area contributed by atoms with Crippen molar-refractivity contribution in [1.82, 2.24) is 5.32 Å². The molecule has 3 aliphatic rings. The van der Waals surface area contributed by atoms with Crippen molar-refractivity contribution in [3.8, 4) is 11.5 Å². The standard InChI is InChI=1S/C18H25NO2/c1-2-19-18(17-13-5-3-6-14(13)17)12-7-8-15-16(11-12)21-10-4-9-20-15/h7-8,11,13-14,17-19H,2-6,9-10H2,1H3. The minimum absolute atomic E-state index is 0.488. The normalized spacial score (nSPS) is 31.4. The molecule has 3 unspecified atom stereocenters. The Kier molecular flexibility index (Phi) is 3.54. The second-order valence-electron chi connectivity index (χ2n) is 6.63. The second kappa shape index (κ2) is 5.53. The van der Waals surface area contributed by atoms with E-state index in [0.717, 1.165) is 55.4 Å². The number of fused-ring (bicyclic) bond motifs is 2. The molecule has 0 bridgehead atoms. The Bertz CT molecular complexity index is 506. The van der Waals surface area contributed by atoms with Crippen LogP contribution in [0.1, 0.15) is 44.2 Å². The van der Waals surface area contributed by atoms with E-state index in [1.54, 1.807) is 0 Å². The monoisotopic (exact) mass is 287 g/mol. The van der Waals surface area contributed by atoms with Gasteiger partial charge in [0.1, 0.15) is 0 Å². The fourth-order valence-corrected chi connectivity index (χ4v) is 4.44. The van der Waals surface area contributed by atoms with Crippen LogP contribution in [0.4, 0.5) is 0 Å². The summed E-state index contributed by atoms with van der Waals surface area (Å²) in [6.07, 6.45) is 5.27. The van der Waals surface area contributed by atoms with Crippen LogP contribution >= 0.6 is 0 Å². The SMILES string of the molecule is CCNC(c1ccc2c(c1)OCCCO2)C1C2CCCC21. The van der Waals surface area contributed by atoms with Crippen LogP contribution in [-0.4, -0.2) is 19.8 Å². The van der Waals surface area contributed by atoms with Crippen molar-refractivity contribution in [3.05, 3.63) is 23.8 Å². The topological polar surface area (TPSA) is 30.5 Å². The molecule has 0 radical (unpaired) electrons. The van der Waals surface area contributed by atoms with Gasteiger partial charge in [0.05, 0.1) is 13.2 Å². The third kappa shape index (κ3) is 2.42. The van der Waals surface area contributed by atoms with Gasteiger partial charge in [-0.1, -0.05) is 19.4 Å². The molecule has 0 spiro atoms. The lowest BCUT2D eigenvalue weighted by Gasteiger charge is -2.21. The molecule has 1 aromatic rings. The lowest BCUT2D eigenvalue weighted by Crippen LogP contribution is -2.24. The van der Waals surface area contributed by atoms with Crippen molar-refractivity contribution < 1.29 is 9.47 Å². The molecular weight excluding hydrogens is 262 g/mol. The van der Waals surface area contributed by atoms with Crippen molar-refractivity contribution in [2.75, 3.05) is 19.8 Å². The molecule has 3 atom stereocenters. The second-order valence-corrected chi connectivity index (χ2v) is 6.63. The molecule has 0 aromatic heterocycles. The largest absolute Gasteiger partial charge is 0.490 e. The van der Waals surface area contributed by atoms with Crippen molar-refractivity contribution in [3.63, 3.8) is 0 Å². The van der Waals surface area contributed by atoms with Crippen LogP contribution < -0.4 is 14.8 Å². The highest BCUT2D eigenvalue weighted by Gasteiger charge is 2.55. The molecule has 3 heteroatoms. The fourth-order valence-electron chi connectivity index (χ4n) is 4.44. The maximum Gasteiger partial charge on any atom is 0.161 e. The number of hydrogen-bond acceptors (Lipinski definition) is 3. The molecule has 2 saturated carbocycles. The van der Waals surface area contributed by atoms with Gasteiger partial charge in [-0.05, 0) is 54.8 Å². The first-order valence-corrected chi connectivity index (χ1v) is 8.51. The van der Waals surface area contributed by atoms with Gasteiger partial charge in [-0.15, -0.1) is 0 Å². The minimum atomic E-state index is 0.488. The summed E-state index contributed by atoms with van der Waals surface area (Å²) in [6.45, 7) is 4.75. The zero-order valence-corrected chi connectivity index (χ0v) is 12.8. The van der Waals surface area contributed by atoms with Gasteiger partial charge in [0, 0.05) is 12.5 Å². The molecular formula is C18H25NO2. The van der Waals surface area contributed by atoms with Crippen molar-refractivity contribution in [2.24, 2.45) is 17.8 Å². The molecule has 1 N–H and O–H groups in total. The molecule has 1 heterocycles. The fraction of sp³-hybridized carbons (Fsp3) is 0.667. The Balaban J connectivity index is 1.59. The first-order valence-electron chi connectivity index (χ1n) is 8.51. The predicted molar refractivity (Wildman–Crippen MR) is 82.8 cm³/mol. The first-order chi connectivity index (χ1) is 10.4. The highest BCUT2D eigenvalue weighted by atomic mass is 16.5. The summed E-state index contributed by atoms with van der Waals surface area (Å²) in [7, 11) is 0. The van der Waals surface area contributed by atoms with Crippen LogP contribution in [0.2, 0.25) is 0 Å². The number of ether oxygens (including phenoxy) is 2. The molecule has 1 aliphatic heterocycles. The molecule has 114 valence electrons. The predicted octanol–water partition coefficient (Wildman–Crippen LogP) is 3.54. The zero-order chi connectivity index (χ0) is 14.2. The third-order valence-corrected chi connectivity index (χ3v) is 5.41. The number of rotatable bonds is 4. The third-order valence-electron chi connectivity index (χ3n) is 5.41. The molecule has 1 aromatic carbocycles.